The second kappa shape index (κ2) is 7.05. The Bertz CT molecular complexity index is 1110. The van der Waals surface area contributed by atoms with Crippen LogP contribution in [0.4, 0.5) is 5.69 Å². The molecule has 0 saturated carbocycles. The maximum absolute atomic E-state index is 12.5. The van der Waals surface area contributed by atoms with Gasteiger partial charge in [-0.05, 0) is 71.1 Å². The van der Waals surface area contributed by atoms with Crippen molar-refractivity contribution >= 4 is 56.9 Å². The van der Waals surface area contributed by atoms with E-state index in [9.17, 15) is 4.79 Å². The molecule has 2 aromatic carbocycles. The van der Waals surface area contributed by atoms with Gasteiger partial charge in [0.25, 0.3) is 5.91 Å². The molecule has 1 N–H and O–H groups in total. The number of amides is 1. The van der Waals surface area contributed by atoms with Crippen LogP contribution in [0.1, 0.15) is 10.4 Å². The van der Waals surface area contributed by atoms with E-state index in [0.717, 1.165) is 9.13 Å². The van der Waals surface area contributed by atoms with Gasteiger partial charge in [-0.1, -0.05) is 11.6 Å². The topological polar surface area (TPSA) is 68.0 Å². The van der Waals surface area contributed by atoms with Gasteiger partial charge in [-0.25, -0.2) is 4.98 Å². The van der Waals surface area contributed by atoms with Crippen molar-refractivity contribution in [2.75, 3.05) is 5.32 Å². The Hall–Kier alpha value is -2.45. The third-order valence-electron chi connectivity index (χ3n) is 3.75. The smallest absolute Gasteiger partial charge is 0.257 e. The third-order valence-corrected chi connectivity index (χ3v) is 4.75. The monoisotopic (exact) mass is 475 g/mol. The summed E-state index contributed by atoms with van der Waals surface area (Å²) in [6, 6.07) is 14.3. The summed E-state index contributed by atoms with van der Waals surface area (Å²) in [6.45, 7) is 0. The summed E-state index contributed by atoms with van der Waals surface area (Å²) in [5, 5.41) is 3.26. The molecule has 0 radical (unpaired) electrons. The van der Waals surface area contributed by atoms with E-state index in [4.69, 9.17) is 16.0 Å². The van der Waals surface area contributed by atoms with Gasteiger partial charge in [-0.3, -0.25) is 9.78 Å². The van der Waals surface area contributed by atoms with Crippen molar-refractivity contribution in [2.24, 2.45) is 0 Å². The number of nitrogens with zero attached hydrogens (tertiary/aromatic N) is 2. The average Bonchev–Trinajstić information content (AvgIpc) is 3.08. The molecule has 0 saturated heterocycles. The quantitative estimate of drug-likeness (QED) is 0.403. The number of halogens is 2. The van der Waals surface area contributed by atoms with E-state index in [0.29, 0.717) is 33.3 Å². The molecule has 4 aromatic rings. The number of pyridine rings is 1. The molecule has 0 atom stereocenters. The highest BCUT2D eigenvalue weighted by Crippen LogP contribution is 2.26. The molecule has 0 aliphatic rings. The van der Waals surface area contributed by atoms with Gasteiger partial charge in [-0.2, -0.15) is 0 Å². The minimum atomic E-state index is -0.272. The van der Waals surface area contributed by atoms with Gasteiger partial charge < -0.3 is 9.73 Å². The number of anilines is 1. The van der Waals surface area contributed by atoms with Gasteiger partial charge in [0, 0.05) is 27.2 Å². The van der Waals surface area contributed by atoms with Crippen molar-refractivity contribution in [1.82, 2.24) is 9.97 Å². The number of oxazole rings is 1. The van der Waals surface area contributed by atoms with Crippen LogP contribution < -0.4 is 5.32 Å². The molecule has 128 valence electrons. The lowest BCUT2D eigenvalue weighted by Crippen LogP contribution is -2.12. The molecule has 0 bridgehead atoms. The number of rotatable bonds is 3. The van der Waals surface area contributed by atoms with Crippen LogP contribution in [0.15, 0.2) is 65.3 Å². The van der Waals surface area contributed by atoms with Crippen LogP contribution >= 0.6 is 34.2 Å². The molecular weight excluding hydrogens is 465 g/mol. The normalized spacial score (nSPS) is 10.8. The summed E-state index contributed by atoms with van der Waals surface area (Å²) in [5.74, 6) is 0.234. The zero-order valence-electron chi connectivity index (χ0n) is 13.2. The van der Waals surface area contributed by atoms with Crippen molar-refractivity contribution in [1.29, 1.82) is 0 Å². The Kier molecular flexibility index (Phi) is 4.60. The molecule has 26 heavy (non-hydrogen) atoms. The van der Waals surface area contributed by atoms with E-state index in [1.165, 1.54) is 0 Å². The molecule has 1 amide bonds. The summed E-state index contributed by atoms with van der Waals surface area (Å²) >= 11 is 8.27. The molecule has 0 aliphatic heterocycles. The fourth-order valence-corrected chi connectivity index (χ4v) is 3.19. The maximum atomic E-state index is 12.5. The minimum absolute atomic E-state index is 0.272. The highest BCUT2D eigenvalue weighted by Gasteiger charge is 2.13. The molecule has 4 rings (SSSR count). The Balaban J connectivity index is 1.63. The maximum Gasteiger partial charge on any atom is 0.257 e. The largest absolute Gasteiger partial charge is 0.436 e. The Morgan fingerprint density at radius 2 is 1.88 bits per heavy atom. The summed E-state index contributed by atoms with van der Waals surface area (Å²) in [4.78, 5) is 21.0. The van der Waals surface area contributed by atoms with Gasteiger partial charge >= 0.3 is 0 Å². The number of fused-ring (bicyclic) bond motifs is 1. The molecular formula is C19H11ClIN3O2. The van der Waals surface area contributed by atoms with Crippen LogP contribution in [-0.4, -0.2) is 15.9 Å². The third kappa shape index (κ3) is 3.42. The Morgan fingerprint density at radius 3 is 2.69 bits per heavy atom. The molecule has 2 heterocycles. The number of hydrogen-bond acceptors (Lipinski definition) is 4. The second-order valence-corrected chi connectivity index (χ2v) is 7.17. The zero-order chi connectivity index (χ0) is 18.1. The van der Waals surface area contributed by atoms with Gasteiger partial charge in [-0.15, -0.1) is 0 Å². The van der Waals surface area contributed by atoms with E-state index >= 15 is 0 Å². The second-order valence-electron chi connectivity index (χ2n) is 5.52. The first-order valence-electron chi connectivity index (χ1n) is 7.67. The van der Waals surface area contributed by atoms with Gasteiger partial charge in [0.2, 0.25) is 5.89 Å². The van der Waals surface area contributed by atoms with Crippen molar-refractivity contribution in [3.05, 3.63) is 75.1 Å². The summed E-state index contributed by atoms with van der Waals surface area (Å²) in [7, 11) is 0. The van der Waals surface area contributed by atoms with Crippen LogP contribution in [0.3, 0.4) is 0 Å². The average molecular weight is 476 g/mol. The SMILES string of the molecule is O=C(Nc1ccc2oc(-c3ccncc3)nc2c1)c1cc(I)ccc1Cl. The highest BCUT2D eigenvalue weighted by atomic mass is 127. The molecule has 0 fully saturated rings. The predicted molar refractivity (Wildman–Crippen MR) is 109 cm³/mol. The standard InChI is InChI=1S/C19H11ClIN3O2/c20-15-3-1-12(21)9-14(15)18(25)23-13-2-4-17-16(10-13)24-19(26-17)11-5-7-22-8-6-11/h1-10H,(H,23,25). The number of benzene rings is 2. The van der Waals surface area contributed by atoms with Crippen LogP contribution in [0.5, 0.6) is 0 Å². The predicted octanol–water partition coefficient (Wildman–Crippen LogP) is 5.40. The minimum Gasteiger partial charge on any atom is -0.436 e. The van der Waals surface area contributed by atoms with Gasteiger partial charge in [0.1, 0.15) is 5.52 Å². The molecule has 0 unspecified atom stereocenters. The first-order chi connectivity index (χ1) is 12.6. The summed E-state index contributed by atoms with van der Waals surface area (Å²) in [5.41, 5.74) is 3.18. The lowest BCUT2D eigenvalue weighted by molar-refractivity contribution is 0.102. The molecule has 0 aliphatic carbocycles. The van der Waals surface area contributed by atoms with Crippen LogP contribution in [-0.2, 0) is 0 Å². The summed E-state index contributed by atoms with van der Waals surface area (Å²) in [6.07, 6.45) is 3.36. The van der Waals surface area contributed by atoms with Crippen molar-refractivity contribution in [3.8, 4) is 11.5 Å². The Morgan fingerprint density at radius 1 is 1.08 bits per heavy atom. The van der Waals surface area contributed by atoms with Crippen molar-refractivity contribution < 1.29 is 9.21 Å². The fourth-order valence-electron chi connectivity index (χ4n) is 2.49. The number of carbonyl (C=O) groups excluding carboxylic acids is 1. The summed E-state index contributed by atoms with van der Waals surface area (Å²) < 4.78 is 6.70. The lowest BCUT2D eigenvalue weighted by Gasteiger charge is -2.07. The first kappa shape index (κ1) is 17.0. The number of hydrogen-bond donors (Lipinski definition) is 1. The molecule has 7 heteroatoms. The molecule has 5 nitrogen and oxygen atoms in total. The first-order valence-corrected chi connectivity index (χ1v) is 9.13. The number of nitrogens with one attached hydrogen (secondary N) is 1. The van der Waals surface area contributed by atoms with Crippen molar-refractivity contribution in [2.45, 2.75) is 0 Å². The van der Waals surface area contributed by atoms with Gasteiger partial charge in [0.05, 0.1) is 10.6 Å². The van der Waals surface area contributed by atoms with Crippen LogP contribution in [0.2, 0.25) is 5.02 Å². The van der Waals surface area contributed by atoms with E-state index in [2.05, 4.69) is 37.9 Å². The Labute approximate surface area is 167 Å². The zero-order valence-corrected chi connectivity index (χ0v) is 16.2. The van der Waals surface area contributed by atoms with E-state index in [-0.39, 0.29) is 5.91 Å². The van der Waals surface area contributed by atoms with E-state index in [1.807, 2.05) is 18.2 Å². The molecule has 0 spiro atoms. The van der Waals surface area contributed by atoms with E-state index in [1.54, 1.807) is 42.7 Å². The van der Waals surface area contributed by atoms with Gasteiger partial charge in [0.15, 0.2) is 5.58 Å². The number of carbonyl (C=O) groups is 1. The lowest BCUT2D eigenvalue weighted by atomic mass is 10.2. The van der Waals surface area contributed by atoms with Crippen LogP contribution in [0.25, 0.3) is 22.6 Å². The van der Waals surface area contributed by atoms with Crippen LogP contribution in [0, 0.1) is 3.57 Å². The van der Waals surface area contributed by atoms with Crippen molar-refractivity contribution in [3.63, 3.8) is 0 Å². The number of aromatic nitrogens is 2. The fraction of sp³-hybridized carbons (Fsp3) is 0. The molecule has 2 aromatic heterocycles. The van der Waals surface area contributed by atoms with E-state index < -0.39 is 0 Å². The highest BCUT2D eigenvalue weighted by molar-refractivity contribution is 14.1.